The molecule has 0 bridgehead atoms. The lowest BCUT2D eigenvalue weighted by molar-refractivity contribution is -0.112. The van der Waals surface area contributed by atoms with Crippen molar-refractivity contribution in [3.8, 4) is 0 Å². The number of rotatable bonds is 2. The monoisotopic (exact) mass is 206 g/mol. The van der Waals surface area contributed by atoms with Crippen LogP contribution >= 0.6 is 0 Å². The maximum Gasteiger partial charge on any atom is 0.152 e. The summed E-state index contributed by atoms with van der Waals surface area (Å²) >= 11 is 0. The molecule has 1 nitrogen and oxygen atoms in total. The zero-order valence-electron chi connectivity index (χ0n) is 10.6. The van der Waals surface area contributed by atoms with E-state index in [0.717, 1.165) is 0 Å². The van der Waals surface area contributed by atoms with Crippen LogP contribution < -0.4 is 0 Å². The molecular formula is C14H22O. The van der Waals surface area contributed by atoms with Gasteiger partial charge in [0, 0.05) is 0 Å². The van der Waals surface area contributed by atoms with Crippen LogP contribution in [0.1, 0.15) is 47.5 Å². The minimum atomic E-state index is 0.129. The Labute approximate surface area is 93.3 Å². The van der Waals surface area contributed by atoms with Crippen molar-refractivity contribution in [3.05, 3.63) is 23.3 Å². The van der Waals surface area contributed by atoms with Crippen molar-refractivity contribution < 1.29 is 4.79 Å². The Morgan fingerprint density at radius 1 is 1.47 bits per heavy atom. The van der Waals surface area contributed by atoms with Crippen molar-refractivity contribution in [2.75, 3.05) is 0 Å². The van der Waals surface area contributed by atoms with Crippen LogP contribution in [0.4, 0.5) is 0 Å². The highest BCUT2D eigenvalue weighted by Crippen LogP contribution is 2.43. The molecule has 84 valence electrons. The van der Waals surface area contributed by atoms with Gasteiger partial charge in [0.25, 0.3) is 0 Å². The van der Waals surface area contributed by atoms with Crippen LogP contribution in [0.5, 0.6) is 0 Å². The lowest BCUT2D eigenvalue weighted by Crippen LogP contribution is -2.23. The summed E-state index contributed by atoms with van der Waals surface area (Å²) in [5, 5.41) is 0. The average Bonchev–Trinajstić information content (AvgIpc) is 2.11. The summed E-state index contributed by atoms with van der Waals surface area (Å²) < 4.78 is 0. The van der Waals surface area contributed by atoms with Crippen molar-refractivity contribution in [2.24, 2.45) is 11.3 Å². The molecule has 0 spiro atoms. The third-order valence-corrected chi connectivity index (χ3v) is 3.58. The highest BCUT2D eigenvalue weighted by Gasteiger charge is 2.29. The fourth-order valence-corrected chi connectivity index (χ4v) is 2.29. The SMILES string of the molecule is CC(=O)/C=C/C1=C(C)C(C)CCC1(C)C. The Balaban J connectivity index is 3.07. The van der Waals surface area contributed by atoms with Gasteiger partial charge >= 0.3 is 0 Å². The van der Waals surface area contributed by atoms with Crippen LogP contribution in [-0.4, -0.2) is 5.78 Å². The van der Waals surface area contributed by atoms with Crippen molar-refractivity contribution in [1.29, 1.82) is 0 Å². The fraction of sp³-hybridized carbons (Fsp3) is 0.643. The zero-order chi connectivity index (χ0) is 11.6. The van der Waals surface area contributed by atoms with Crippen molar-refractivity contribution in [1.82, 2.24) is 0 Å². The lowest BCUT2D eigenvalue weighted by atomic mass is 9.69. The molecule has 0 aromatic carbocycles. The number of hydrogen-bond donors (Lipinski definition) is 0. The van der Waals surface area contributed by atoms with Gasteiger partial charge in [0.1, 0.15) is 0 Å². The highest BCUT2D eigenvalue weighted by atomic mass is 16.1. The molecule has 0 aromatic heterocycles. The Morgan fingerprint density at radius 2 is 2.07 bits per heavy atom. The van der Waals surface area contributed by atoms with Crippen molar-refractivity contribution >= 4 is 5.78 Å². The molecule has 0 saturated heterocycles. The molecule has 0 aliphatic heterocycles. The van der Waals surface area contributed by atoms with Crippen LogP contribution in [0.25, 0.3) is 0 Å². The van der Waals surface area contributed by atoms with E-state index in [0.29, 0.717) is 5.92 Å². The fourth-order valence-electron chi connectivity index (χ4n) is 2.29. The van der Waals surface area contributed by atoms with Crippen LogP contribution in [0.15, 0.2) is 23.3 Å². The summed E-state index contributed by atoms with van der Waals surface area (Å²) in [6, 6.07) is 0. The van der Waals surface area contributed by atoms with E-state index in [2.05, 4.69) is 27.7 Å². The molecular weight excluding hydrogens is 184 g/mol. The normalized spacial score (nSPS) is 26.1. The average molecular weight is 206 g/mol. The quantitative estimate of drug-likeness (QED) is 0.626. The van der Waals surface area contributed by atoms with E-state index in [-0.39, 0.29) is 11.2 Å². The maximum absolute atomic E-state index is 11.0. The van der Waals surface area contributed by atoms with Gasteiger partial charge in [0.05, 0.1) is 0 Å². The number of ketones is 1. The molecule has 0 radical (unpaired) electrons. The Morgan fingerprint density at radius 3 is 2.60 bits per heavy atom. The minimum Gasteiger partial charge on any atom is -0.295 e. The van der Waals surface area contributed by atoms with Gasteiger partial charge in [0.2, 0.25) is 0 Å². The second-order valence-electron chi connectivity index (χ2n) is 5.36. The smallest absolute Gasteiger partial charge is 0.152 e. The predicted octanol–water partition coefficient (Wildman–Crippen LogP) is 3.90. The van der Waals surface area contributed by atoms with Crippen LogP contribution in [0, 0.1) is 11.3 Å². The molecule has 1 atom stereocenters. The summed E-state index contributed by atoms with van der Waals surface area (Å²) in [4.78, 5) is 11.0. The van der Waals surface area contributed by atoms with Crippen molar-refractivity contribution in [2.45, 2.75) is 47.5 Å². The van der Waals surface area contributed by atoms with Gasteiger partial charge in [-0.25, -0.2) is 0 Å². The summed E-state index contributed by atoms with van der Waals surface area (Å²) in [5.41, 5.74) is 3.03. The lowest BCUT2D eigenvalue weighted by Gasteiger charge is -2.36. The summed E-state index contributed by atoms with van der Waals surface area (Å²) in [6.45, 7) is 10.6. The largest absolute Gasteiger partial charge is 0.295 e. The van der Waals surface area contributed by atoms with Crippen molar-refractivity contribution in [3.63, 3.8) is 0 Å². The first-order valence-electron chi connectivity index (χ1n) is 5.74. The van der Waals surface area contributed by atoms with E-state index in [9.17, 15) is 4.79 Å². The van der Waals surface area contributed by atoms with Gasteiger partial charge in [-0.15, -0.1) is 0 Å². The van der Waals surface area contributed by atoms with Gasteiger partial charge in [-0.1, -0.05) is 32.4 Å². The molecule has 0 aromatic rings. The first-order chi connectivity index (χ1) is 6.84. The topological polar surface area (TPSA) is 17.1 Å². The molecule has 1 unspecified atom stereocenters. The third-order valence-electron chi connectivity index (χ3n) is 3.58. The number of allylic oxidation sites excluding steroid dienone is 4. The molecule has 1 aliphatic carbocycles. The van der Waals surface area contributed by atoms with E-state index < -0.39 is 0 Å². The number of carbonyl (C=O) groups excluding carboxylic acids is 1. The Kier molecular flexibility index (Phi) is 3.54. The number of carbonyl (C=O) groups is 1. The minimum absolute atomic E-state index is 0.129. The Hall–Kier alpha value is -0.850. The van der Waals surface area contributed by atoms with Gasteiger partial charge < -0.3 is 0 Å². The molecule has 0 N–H and O–H groups in total. The first kappa shape index (κ1) is 12.2. The van der Waals surface area contributed by atoms with E-state index in [1.807, 2.05) is 6.08 Å². The summed E-state index contributed by atoms with van der Waals surface area (Å²) in [7, 11) is 0. The summed E-state index contributed by atoms with van der Waals surface area (Å²) in [5.74, 6) is 0.786. The van der Waals surface area contributed by atoms with Crippen LogP contribution in [-0.2, 0) is 4.79 Å². The van der Waals surface area contributed by atoms with Gasteiger partial charge in [-0.3, -0.25) is 4.79 Å². The van der Waals surface area contributed by atoms with Gasteiger partial charge in [0.15, 0.2) is 5.78 Å². The molecule has 1 aliphatic rings. The first-order valence-corrected chi connectivity index (χ1v) is 5.74. The van der Waals surface area contributed by atoms with E-state index in [4.69, 9.17) is 0 Å². The Bertz CT molecular complexity index is 318. The predicted molar refractivity (Wildman–Crippen MR) is 64.7 cm³/mol. The second kappa shape index (κ2) is 4.34. The number of hydrogen-bond acceptors (Lipinski definition) is 1. The second-order valence-corrected chi connectivity index (χ2v) is 5.36. The molecule has 0 amide bonds. The molecule has 15 heavy (non-hydrogen) atoms. The molecule has 0 fully saturated rings. The molecule has 0 saturated carbocycles. The van der Waals surface area contributed by atoms with E-state index in [1.54, 1.807) is 13.0 Å². The third kappa shape index (κ3) is 2.80. The van der Waals surface area contributed by atoms with E-state index >= 15 is 0 Å². The standard InChI is InChI=1S/C14H22O/c1-10-8-9-14(4,5)13(12(10)3)7-6-11(2)15/h6-7,10H,8-9H2,1-5H3/b7-6+. The van der Waals surface area contributed by atoms with E-state index in [1.165, 1.54) is 24.0 Å². The van der Waals surface area contributed by atoms with Crippen LogP contribution in [0.2, 0.25) is 0 Å². The highest BCUT2D eigenvalue weighted by molar-refractivity contribution is 5.87. The van der Waals surface area contributed by atoms with Gasteiger partial charge in [-0.05, 0) is 49.7 Å². The summed E-state index contributed by atoms with van der Waals surface area (Å²) in [6.07, 6.45) is 6.19. The molecule has 1 heteroatoms. The van der Waals surface area contributed by atoms with Gasteiger partial charge in [-0.2, -0.15) is 0 Å². The molecule has 0 heterocycles. The van der Waals surface area contributed by atoms with Crippen LogP contribution in [0.3, 0.4) is 0 Å². The zero-order valence-corrected chi connectivity index (χ0v) is 10.6. The maximum atomic E-state index is 11.0. The molecule has 1 rings (SSSR count).